The second-order valence-electron chi connectivity index (χ2n) is 4.34. The average Bonchev–Trinajstić information content (AvgIpc) is 2.13. The molecule has 0 radical (unpaired) electrons. The van der Waals surface area contributed by atoms with Crippen LogP contribution >= 0.6 is 7.60 Å². The van der Waals surface area contributed by atoms with E-state index in [0.29, 0.717) is 0 Å². The van der Waals surface area contributed by atoms with Crippen LogP contribution in [0.1, 0.15) is 34.6 Å². The van der Waals surface area contributed by atoms with Gasteiger partial charge >= 0.3 is 7.60 Å². The fraction of sp³-hybridized carbons (Fsp3) is 0.727. The Labute approximate surface area is 97.8 Å². The molecule has 0 aromatic rings. The van der Waals surface area contributed by atoms with Gasteiger partial charge in [-0.05, 0) is 19.3 Å². The number of hydrogen-bond acceptors (Lipinski definition) is 4. The summed E-state index contributed by atoms with van der Waals surface area (Å²) in [6, 6.07) is 1.92. The highest BCUT2D eigenvalue weighted by Gasteiger charge is 2.31. The van der Waals surface area contributed by atoms with Crippen LogP contribution in [0.4, 0.5) is 0 Å². The SMILES string of the molecule is CCOP(=O)(OCC)/C(C#N)=C/C(C)(C)C. The van der Waals surface area contributed by atoms with Gasteiger partial charge in [-0.25, -0.2) is 0 Å². The van der Waals surface area contributed by atoms with Gasteiger partial charge in [0.05, 0.1) is 13.2 Å². The molecule has 0 aliphatic heterocycles. The first-order chi connectivity index (χ1) is 7.29. The lowest BCUT2D eigenvalue weighted by molar-refractivity contribution is 0.227. The van der Waals surface area contributed by atoms with Crippen molar-refractivity contribution in [3.8, 4) is 6.07 Å². The van der Waals surface area contributed by atoms with Gasteiger partial charge in [0.25, 0.3) is 0 Å². The van der Waals surface area contributed by atoms with Crippen molar-refractivity contribution in [1.82, 2.24) is 0 Å². The zero-order valence-corrected chi connectivity index (χ0v) is 11.5. The number of nitrogens with zero attached hydrogens (tertiary/aromatic N) is 1. The minimum atomic E-state index is -3.43. The summed E-state index contributed by atoms with van der Waals surface area (Å²) in [5, 5.41) is 9.11. The molecular weight excluding hydrogens is 225 g/mol. The zero-order valence-electron chi connectivity index (χ0n) is 10.6. The molecule has 0 unspecified atom stereocenters. The summed E-state index contributed by atoms with van der Waals surface area (Å²) in [5.74, 6) is 0. The third kappa shape index (κ3) is 4.94. The second kappa shape index (κ2) is 6.20. The van der Waals surface area contributed by atoms with Crippen LogP contribution < -0.4 is 0 Å². The number of rotatable bonds is 5. The van der Waals surface area contributed by atoms with Gasteiger partial charge in [-0.2, -0.15) is 5.26 Å². The van der Waals surface area contributed by atoms with Gasteiger partial charge < -0.3 is 9.05 Å². The minimum Gasteiger partial charge on any atom is -0.305 e. The van der Waals surface area contributed by atoms with Gasteiger partial charge in [-0.1, -0.05) is 26.8 Å². The maximum Gasteiger partial charge on any atom is 0.371 e. The van der Waals surface area contributed by atoms with Crippen LogP contribution in [0.15, 0.2) is 11.4 Å². The number of hydrogen-bond donors (Lipinski definition) is 0. The summed E-state index contributed by atoms with van der Waals surface area (Å²) in [6.07, 6.45) is 1.64. The van der Waals surface area contributed by atoms with Crippen LogP contribution in [0.3, 0.4) is 0 Å². The molecule has 0 saturated heterocycles. The van der Waals surface area contributed by atoms with E-state index in [9.17, 15) is 4.57 Å². The fourth-order valence-corrected chi connectivity index (χ4v) is 2.80. The molecule has 0 N–H and O–H groups in total. The number of allylic oxidation sites excluding steroid dienone is 2. The Morgan fingerprint density at radius 2 is 1.75 bits per heavy atom. The van der Waals surface area contributed by atoms with Crippen LogP contribution in [-0.2, 0) is 13.6 Å². The van der Waals surface area contributed by atoms with Crippen molar-refractivity contribution in [3.63, 3.8) is 0 Å². The predicted octanol–water partition coefficient (Wildman–Crippen LogP) is 3.71. The second-order valence-corrected chi connectivity index (χ2v) is 6.33. The smallest absolute Gasteiger partial charge is 0.305 e. The Hall–Kier alpha value is -0.620. The molecule has 0 aliphatic rings. The Morgan fingerprint density at radius 1 is 1.31 bits per heavy atom. The van der Waals surface area contributed by atoms with Crippen molar-refractivity contribution in [1.29, 1.82) is 5.26 Å². The van der Waals surface area contributed by atoms with Gasteiger partial charge in [0.1, 0.15) is 11.4 Å². The molecule has 0 aromatic carbocycles. The molecular formula is C11H20NO3P. The van der Waals surface area contributed by atoms with E-state index >= 15 is 0 Å². The van der Waals surface area contributed by atoms with E-state index in [0.717, 1.165) is 0 Å². The molecule has 0 heterocycles. The summed E-state index contributed by atoms with van der Waals surface area (Å²) in [7, 11) is -3.43. The largest absolute Gasteiger partial charge is 0.371 e. The van der Waals surface area contributed by atoms with Crippen LogP contribution in [-0.4, -0.2) is 13.2 Å². The summed E-state index contributed by atoms with van der Waals surface area (Å²) >= 11 is 0. The van der Waals surface area contributed by atoms with E-state index in [4.69, 9.17) is 14.3 Å². The molecule has 0 atom stereocenters. The summed E-state index contributed by atoms with van der Waals surface area (Å²) in [6.45, 7) is 9.71. The summed E-state index contributed by atoms with van der Waals surface area (Å²) in [4.78, 5) is 0. The van der Waals surface area contributed by atoms with Crippen molar-refractivity contribution in [2.75, 3.05) is 13.2 Å². The van der Waals surface area contributed by atoms with Crippen LogP contribution in [0.5, 0.6) is 0 Å². The first-order valence-electron chi connectivity index (χ1n) is 5.31. The van der Waals surface area contributed by atoms with Gasteiger partial charge in [0.15, 0.2) is 0 Å². The highest BCUT2D eigenvalue weighted by molar-refractivity contribution is 7.58. The quantitative estimate of drug-likeness (QED) is 0.547. The molecule has 0 saturated carbocycles. The zero-order chi connectivity index (χ0) is 12.8. The Bertz CT molecular complexity index is 326. The molecule has 0 aromatic heterocycles. The lowest BCUT2D eigenvalue weighted by Gasteiger charge is -2.19. The summed E-state index contributed by atoms with van der Waals surface area (Å²) in [5.41, 5.74) is -0.241. The van der Waals surface area contributed by atoms with E-state index in [1.807, 2.05) is 26.8 Å². The first kappa shape index (κ1) is 15.4. The monoisotopic (exact) mass is 245 g/mol. The number of nitriles is 1. The van der Waals surface area contributed by atoms with Crippen molar-refractivity contribution in [2.45, 2.75) is 34.6 Å². The van der Waals surface area contributed by atoms with Gasteiger partial charge in [0.2, 0.25) is 0 Å². The van der Waals surface area contributed by atoms with Crippen molar-refractivity contribution in [2.24, 2.45) is 5.41 Å². The standard InChI is InChI=1S/C11H20NO3P/c1-6-14-16(13,15-7-2)10(9-12)8-11(3,4)5/h8H,6-7H2,1-5H3/b10-8+. The minimum absolute atomic E-state index is 0.0868. The third-order valence-corrected chi connectivity index (χ3v) is 3.59. The molecule has 4 nitrogen and oxygen atoms in total. The molecule has 5 heteroatoms. The lowest BCUT2D eigenvalue weighted by atomic mass is 9.96. The molecule has 0 rings (SSSR count). The van der Waals surface area contributed by atoms with Gasteiger partial charge in [-0.3, -0.25) is 4.57 Å². The molecule has 0 aliphatic carbocycles. The normalized spacial score (nSPS) is 13.6. The molecule has 0 spiro atoms. The van der Waals surface area contributed by atoms with E-state index in [2.05, 4.69) is 0 Å². The highest BCUT2D eigenvalue weighted by atomic mass is 31.2. The van der Waals surface area contributed by atoms with Crippen molar-refractivity contribution in [3.05, 3.63) is 11.4 Å². The van der Waals surface area contributed by atoms with Gasteiger partial charge in [-0.15, -0.1) is 0 Å². The predicted molar refractivity (Wildman–Crippen MR) is 64.0 cm³/mol. The maximum atomic E-state index is 12.3. The highest BCUT2D eigenvalue weighted by Crippen LogP contribution is 2.56. The average molecular weight is 245 g/mol. The fourth-order valence-electron chi connectivity index (χ4n) is 1.10. The molecule has 0 amide bonds. The lowest BCUT2D eigenvalue weighted by Crippen LogP contribution is -2.04. The molecule has 16 heavy (non-hydrogen) atoms. The van der Waals surface area contributed by atoms with Gasteiger partial charge in [0, 0.05) is 0 Å². The first-order valence-corrected chi connectivity index (χ1v) is 6.86. The van der Waals surface area contributed by atoms with Crippen LogP contribution in [0.25, 0.3) is 0 Å². The van der Waals surface area contributed by atoms with E-state index < -0.39 is 7.60 Å². The van der Waals surface area contributed by atoms with E-state index in [1.54, 1.807) is 19.9 Å². The van der Waals surface area contributed by atoms with Crippen LogP contribution in [0.2, 0.25) is 0 Å². The Balaban J connectivity index is 5.26. The molecule has 0 fully saturated rings. The Morgan fingerprint density at radius 3 is 2.00 bits per heavy atom. The Kier molecular flexibility index (Phi) is 5.96. The van der Waals surface area contributed by atoms with Crippen molar-refractivity contribution < 1.29 is 13.6 Å². The van der Waals surface area contributed by atoms with Crippen molar-refractivity contribution >= 4 is 7.60 Å². The summed E-state index contributed by atoms with van der Waals surface area (Å²) < 4.78 is 22.5. The third-order valence-electron chi connectivity index (χ3n) is 1.58. The van der Waals surface area contributed by atoms with E-state index in [-0.39, 0.29) is 23.9 Å². The van der Waals surface area contributed by atoms with Crippen LogP contribution in [0, 0.1) is 16.7 Å². The molecule has 92 valence electrons. The molecule has 0 bridgehead atoms. The maximum absolute atomic E-state index is 12.3. The van der Waals surface area contributed by atoms with E-state index in [1.165, 1.54) is 0 Å². The topological polar surface area (TPSA) is 59.3 Å².